The van der Waals surface area contributed by atoms with Crippen molar-refractivity contribution in [3.05, 3.63) is 84.4 Å². The van der Waals surface area contributed by atoms with Gasteiger partial charge in [0.05, 0.1) is 0 Å². The average Bonchev–Trinajstić information content (AvgIpc) is 2.49. The summed E-state index contributed by atoms with van der Waals surface area (Å²) < 4.78 is 0. The normalized spacial score (nSPS) is 9.11. The fourth-order valence-corrected chi connectivity index (χ4v) is 1.42. The van der Waals surface area contributed by atoms with Crippen molar-refractivity contribution >= 4 is 12.2 Å². The third kappa shape index (κ3) is 5.82. The van der Waals surface area contributed by atoms with Gasteiger partial charge < -0.3 is 0 Å². The van der Waals surface area contributed by atoms with Crippen molar-refractivity contribution in [2.45, 2.75) is 6.61 Å². The molecular weight excluding hydrogens is 236 g/mol. The second kappa shape index (κ2) is 8.86. The Morgan fingerprint density at radius 2 is 1.32 bits per heavy atom. The van der Waals surface area contributed by atoms with Crippen LogP contribution in [0.4, 0.5) is 0 Å². The highest BCUT2D eigenvalue weighted by atomic mass is 17.1. The third-order valence-corrected chi connectivity index (χ3v) is 2.48. The fourth-order valence-electron chi connectivity index (χ4n) is 1.42. The molecule has 0 aliphatic rings. The van der Waals surface area contributed by atoms with Crippen LogP contribution >= 0.6 is 0 Å². The van der Waals surface area contributed by atoms with Gasteiger partial charge in [-0.05, 0) is 16.7 Å². The van der Waals surface area contributed by atoms with Crippen molar-refractivity contribution in [1.82, 2.24) is 0 Å². The van der Waals surface area contributed by atoms with E-state index in [-0.39, 0.29) is 6.61 Å². The fraction of sp³-hybridized carbons (Fsp3) is 0.0588. The lowest BCUT2D eigenvalue weighted by Crippen LogP contribution is -1.84. The summed E-state index contributed by atoms with van der Waals surface area (Å²) in [4.78, 5) is 3.93. The van der Waals surface area contributed by atoms with Gasteiger partial charge in [-0.2, -0.15) is 0 Å². The van der Waals surface area contributed by atoms with Gasteiger partial charge in [-0.25, -0.2) is 4.89 Å². The van der Waals surface area contributed by atoms with Crippen molar-refractivity contribution in [3.63, 3.8) is 0 Å². The van der Waals surface area contributed by atoms with Crippen molar-refractivity contribution in [1.29, 1.82) is 0 Å². The standard InChI is InChI=1S/C10H10.C7H8O2/c1-3-9-5-7-10(4-2)8-6-9;8-9-6-7-4-2-1-3-5-7/h3-8H,1-2H2;1-5,8H,6H2. The first-order valence-corrected chi connectivity index (χ1v) is 5.95. The molecule has 0 spiro atoms. The first-order chi connectivity index (χ1) is 9.30. The molecule has 0 heterocycles. The van der Waals surface area contributed by atoms with Gasteiger partial charge in [0, 0.05) is 0 Å². The molecule has 2 aromatic rings. The van der Waals surface area contributed by atoms with E-state index in [1.807, 2.05) is 66.7 Å². The number of hydrogen-bond donors (Lipinski definition) is 1. The van der Waals surface area contributed by atoms with Gasteiger partial charge in [0.1, 0.15) is 6.61 Å². The minimum atomic E-state index is 0.265. The van der Waals surface area contributed by atoms with Crippen LogP contribution in [0.5, 0.6) is 0 Å². The maximum Gasteiger partial charge on any atom is 0.107 e. The summed E-state index contributed by atoms with van der Waals surface area (Å²) in [6, 6.07) is 17.6. The SMILES string of the molecule is C=Cc1ccc(C=C)cc1.OOCc1ccccc1. The summed E-state index contributed by atoms with van der Waals surface area (Å²) in [5.74, 6) is 0. The van der Waals surface area contributed by atoms with Gasteiger partial charge in [-0.15, -0.1) is 0 Å². The average molecular weight is 254 g/mol. The Labute approximate surface area is 114 Å². The molecule has 2 heteroatoms. The molecule has 0 radical (unpaired) electrons. The Morgan fingerprint density at radius 1 is 0.842 bits per heavy atom. The van der Waals surface area contributed by atoms with E-state index in [4.69, 9.17) is 5.26 Å². The second-order valence-corrected chi connectivity index (χ2v) is 3.83. The largest absolute Gasteiger partial charge is 0.251 e. The predicted octanol–water partition coefficient (Wildman–Crippen LogP) is 4.65. The molecule has 0 saturated carbocycles. The smallest absolute Gasteiger partial charge is 0.107 e. The third-order valence-electron chi connectivity index (χ3n) is 2.48. The van der Waals surface area contributed by atoms with E-state index in [9.17, 15) is 0 Å². The van der Waals surface area contributed by atoms with Crippen LogP contribution in [0.25, 0.3) is 12.2 Å². The van der Waals surface area contributed by atoms with Crippen LogP contribution in [-0.2, 0) is 11.5 Å². The van der Waals surface area contributed by atoms with Gasteiger partial charge >= 0.3 is 0 Å². The lowest BCUT2D eigenvalue weighted by atomic mass is 10.1. The molecule has 1 N–H and O–H groups in total. The maximum atomic E-state index is 8.02. The highest BCUT2D eigenvalue weighted by Gasteiger charge is 1.86. The van der Waals surface area contributed by atoms with Crippen LogP contribution in [0.1, 0.15) is 16.7 Å². The summed E-state index contributed by atoms with van der Waals surface area (Å²) in [7, 11) is 0. The van der Waals surface area contributed by atoms with Gasteiger partial charge in [0.2, 0.25) is 0 Å². The van der Waals surface area contributed by atoms with Crippen molar-refractivity contribution in [3.8, 4) is 0 Å². The van der Waals surface area contributed by atoms with Crippen LogP contribution in [0, 0.1) is 0 Å². The predicted molar refractivity (Wildman–Crippen MR) is 80.5 cm³/mol. The molecule has 0 bridgehead atoms. The highest BCUT2D eigenvalue weighted by molar-refractivity contribution is 5.53. The van der Waals surface area contributed by atoms with Gasteiger partial charge in [0.15, 0.2) is 0 Å². The van der Waals surface area contributed by atoms with Crippen molar-refractivity contribution < 1.29 is 10.1 Å². The van der Waals surface area contributed by atoms with E-state index in [0.717, 1.165) is 16.7 Å². The van der Waals surface area contributed by atoms with Crippen LogP contribution in [0.3, 0.4) is 0 Å². The van der Waals surface area contributed by atoms with E-state index in [1.54, 1.807) is 0 Å². The summed E-state index contributed by atoms with van der Waals surface area (Å²) in [6.07, 6.45) is 3.65. The van der Waals surface area contributed by atoms with Gasteiger partial charge in [-0.3, -0.25) is 5.26 Å². The molecule has 0 fully saturated rings. The van der Waals surface area contributed by atoms with Crippen molar-refractivity contribution in [2.75, 3.05) is 0 Å². The molecule has 0 unspecified atom stereocenters. The monoisotopic (exact) mass is 254 g/mol. The topological polar surface area (TPSA) is 29.5 Å². The zero-order valence-corrected chi connectivity index (χ0v) is 10.8. The Morgan fingerprint density at radius 3 is 1.68 bits per heavy atom. The quantitative estimate of drug-likeness (QED) is 0.635. The molecular formula is C17H18O2. The van der Waals surface area contributed by atoms with Crippen molar-refractivity contribution in [2.24, 2.45) is 0 Å². The first kappa shape index (κ1) is 14.9. The molecule has 0 amide bonds. The maximum absolute atomic E-state index is 8.02. The Kier molecular flexibility index (Phi) is 6.95. The lowest BCUT2D eigenvalue weighted by Gasteiger charge is -1.93. The molecule has 2 nitrogen and oxygen atoms in total. The Balaban J connectivity index is 0.000000191. The molecule has 0 saturated heterocycles. The zero-order valence-electron chi connectivity index (χ0n) is 10.8. The number of rotatable bonds is 4. The van der Waals surface area contributed by atoms with E-state index in [1.165, 1.54) is 0 Å². The summed E-state index contributed by atoms with van der Waals surface area (Å²) in [5.41, 5.74) is 3.26. The van der Waals surface area contributed by atoms with Crippen LogP contribution in [0.15, 0.2) is 67.8 Å². The molecule has 0 aliphatic carbocycles. The molecule has 19 heavy (non-hydrogen) atoms. The molecule has 0 aliphatic heterocycles. The molecule has 98 valence electrons. The summed E-state index contributed by atoms with van der Waals surface area (Å²) >= 11 is 0. The van der Waals surface area contributed by atoms with Gasteiger partial charge in [-0.1, -0.05) is 79.9 Å². The molecule has 0 atom stereocenters. The number of hydrogen-bond acceptors (Lipinski definition) is 2. The Hall–Kier alpha value is -2.16. The van der Waals surface area contributed by atoms with Gasteiger partial charge in [0.25, 0.3) is 0 Å². The number of benzene rings is 2. The van der Waals surface area contributed by atoms with E-state index >= 15 is 0 Å². The summed E-state index contributed by atoms with van der Waals surface area (Å²) in [6.45, 7) is 7.59. The minimum Gasteiger partial charge on any atom is -0.251 e. The summed E-state index contributed by atoms with van der Waals surface area (Å²) in [5, 5.41) is 8.02. The molecule has 2 aromatic carbocycles. The lowest BCUT2D eigenvalue weighted by molar-refractivity contribution is -0.253. The minimum absolute atomic E-state index is 0.265. The van der Waals surface area contributed by atoms with Crippen LogP contribution in [-0.4, -0.2) is 5.26 Å². The highest BCUT2D eigenvalue weighted by Crippen LogP contribution is 2.05. The van der Waals surface area contributed by atoms with E-state index < -0.39 is 0 Å². The zero-order chi connectivity index (χ0) is 13.9. The molecule has 0 aromatic heterocycles. The van der Waals surface area contributed by atoms with Crippen LogP contribution < -0.4 is 0 Å². The van der Waals surface area contributed by atoms with Crippen LogP contribution in [0.2, 0.25) is 0 Å². The second-order valence-electron chi connectivity index (χ2n) is 3.83. The molecule has 2 rings (SSSR count). The Bertz CT molecular complexity index is 459. The first-order valence-electron chi connectivity index (χ1n) is 5.95. The van der Waals surface area contributed by atoms with E-state index in [0.29, 0.717) is 0 Å². The van der Waals surface area contributed by atoms with E-state index in [2.05, 4.69) is 18.0 Å².